The highest BCUT2D eigenvalue weighted by Crippen LogP contribution is 2.35. The number of hydrogen-bond acceptors (Lipinski definition) is 14. The van der Waals surface area contributed by atoms with Crippen LogP contribution >= 0.6 is 0 Å². The summed E-state index contributed by atoms with van der Waals surface area (Å²) in [5.74, 6) is -1.96. The number of anilines is 1. The van der Waals surface area contributed by atoms with Crippen molar-refractivity contribution in [3.05, 3.63) is 83.2 Å². The lowest BCUT2D eigenvalue weighted by Gasteiger charge is -2.26. The summed E-state index contributed by atoms with van der Waals surface area (Å²) >= 11 is 0. The standard InChI is InChI=1S/C41H50N6O10/c1-6-27-21-32(37(48)44-29-11-9-28(10-12-29)36(42)46-41(52)55-20-17-47-15-18-54-19-16-47)31(22-34(27)53-5)30-13-14-33(38(49)43-23-26-7-8-26)45-35(30)40(51)57-25(4)56-39(50)24(2)3/h6,9-14,21-22,24-26,38,43,49H,1,7-8,15-20,23H2,2-5H3,(H,44,48)(H2,42,46,52). The van der Waals surface area contributed by atoms with Gasteiger partial charge in [0.1, 0.15) is 24.4 Å². The van der Waals surface area contributed by atoms with Crippen molar-refractivity contribution in [2.45, 2.75) is 46.1 Å². The van der Waals surface area contributed by atoms with Gasteiger partial charge in [-0.25, -0.2) is 14.6 Å². The Hall–Kier alpha value is -5.68. The molecule has 2 heterocycles. The number of aromatic nitrogens is 1. The van der Waals surface area contributed by atoms with E-state index in [-0.39, 0.29) is 40.5 Å². The second-order valence-corrected chi connectivity index (χ2v) is 13.9. The Kier molecular flexibility index (Phi) is 14.9. The fourth-order valence-corrected chi connectivity index (χ4v) is 5.80. The summed E-state index contributed by atoms with van der Waals surface area (Å²) in [7, 11) is 1.45. The van der Waals surface area contributed by atoms with Gasteiger partial charge < -0.3 is 34.1 Å². The molecule has 5 N–H and O–H groups in total. The maximum absolute atomic E-state index is 14.1. The summed E-state index contributed by atoms with van der Waals surface area (Å²) < 4.78 is 26.9. The number of benzene rings is 2. The molecule has 1 aromatic heterocycles. The van der Waals surface area contributed by atoms with Crippen molar-refractivity contribution in [1.82, 2.24) is 20.5 Å². The highest BCUT2D eigenvalue weighted by atomic mass is 16.7. The molecule has 2 aliphatic rings. The van der Waals surface area contributed by atoms with E-state index in [1.165, 1.54) is 26.2 Å². The molecule has 1 saturated carbocycles. The molecule has 1 aliphatic heterocycles. The normalized spacial score (nSPS) is 15.2. The topological polar surface area (TPSA) is 211 Å². The van der Waals surface area contributed by atoms with E-state index >= 15 is 0 Å². The quantitative estimate of drug-likeness (QED) is 0.0543. The van der Waals surface area contributed by atoms with Gasteiger partial charge in [-0.3, -0.25) is 30.5 Å². The molecule has 16 heteroatoms. The Labute approximate surface area is 331 Å². The lowest BCUT2D eigenvalue weighted by Crippen LogP contribution is -2.39. The second kappa shape index (κ2) is 20.0. The van der Waals surface area contributed by atoms with Gasteiger partial charge in [-0.2, -0.15) is 0 Å². The molecule has 0 radical (unpaired) electrons. The van der Waals surface area contributed by atoms with Gasteiger partial charge in [-0.05, 0) is 67.3 Å². The van der Waals surface area contributed by atoms with Gasteiger partial charge in [0.05, 0.1) is 31.9 Å². The maximum Gasteiger partial charge on any atom is 0.412 e. The Bertz CT molecular complexity index is 1940. The van der Waals surface area contributed by atoms with E-state index in [1.54, 1.807) is 56.3 Å². The largest absolute Gasteiger partial charge is 0.496 e. The van der Waals surface area contributed by atoms with Crippen molar-refractivity contribution in [2.75, 3.05) is 58.4 Å². The number of amidine groups is 1. The Balaban J connectivity index is 1.38. The number of carbonyl (C=O) groups excluding carboxylic acids is 4. The minimum absolute atomic E-state index is 0.110. The van der Waals surface area contributed by atoms with Crippen LogP contribution in [0.5, 0.6) is 5.75 Å². The molecule has 2 unspecified atom stereocenters. The van der Waals surface area contributed by atoms with Crippen LogP contribution in [0.3, 0.4) is 0 Å². The number of rotatable bonds is 17. The van der Waals surface area contributed by atoms with Crippen LogP contribution in [-0.2, 0) is 23.7 Å². The van der Waals surface area contributed by atoms with E-state index in [9.17, 15) is 24.3 Å². The summed E-state index contributed by atoms with van der Waals surface area (Å²) in [4.78, 5) is 59.0. The van der Waals surface area contributed by atoms with E-state index in [0.717, 1.165) is 25.9 Å². The number of methoxy groups -OCH3 is 1. The number of aliphatic hydroxyl groups excluding tert-OH is 1. The van der Waals surface area contributed by atoms with Gasteiger partial charge in [0.2, 0.25) is 6.29 Å². The number of pyridine rings is 1. The number of aliphatic hydroxyl groups is 1. The Morgan fingerprint density at radius 1 is 1.04 bits per heavy atom. The smallest absolute Gasteiger partial charge is 0.412 e. The number of ether oxygens (including phenoxy) is 5. The molecule has 2 aromatic carbocycles. The first-order chi connectivity index (χ1) is 27.4. The molecule has 304 valence electrons. The number of hydrogen-bond donors (Lipinski definition) is 5. The predicted octanol–water partition coefficient (Wildman–Crippen LogP) is 4.73. The minimum Gasteiger partial charge on any atom is -0.496 e. The van der Waals surface area contributed by atoms with Crippen molar-refractivity contribution in [3.63, 3.8) is 0 Å². The molecule has 1 aliphatic carbocycles. The molecule has 57 heavy (non-hydrogen) atoms. The Morgan fingerprint density at radius 2 is 1.75 bits per heavy atom. The fraction of sp³-hybridized carbons (Fsp3) is 0.415. The summed E-state index contributed by atoms with van der Waals surface area (Å²) in [6.45, 7) is 12.6. The highest BCUT2D eigenvalue weighted by molar-refractivity contribution is 6.11. The van der Waals surface area contributed by atoms with Crippen LogP contribution in [0.15, 0.2) is 55.1 Å². The summed E-state index contributed by atoms with van der Waals surface area (Å²) in [6, 6.07) is 12.5. The molecule has 2 atom stereocenters. The first kappa shape index (κ1) is 42.5. The van der Waals surface area contributed by atoms with Crippen LogP contribution in [-0.4, -0.2) is 104 Å². The predicted molar refractivity (Wildman–Crippen MR) is 211 cm³/mol. The number of alkyl carbamates (subject to hydrolysis) is 1. The van der Waals surface area contributed by atoms with Crippen LogP contribution < -0.4 is 20.7 Å². The van der Waals surface area contributed by atoms with Gasteiger partial charge in [-0.1, -0.05) is 26.5 Å². The SMILES string of the molecule is C=Cc1cc(C(=O)Nc2ccc(C(=N)NC(=O)OCCN3CCOCC3)cc2)c(-c2ccc(C(O)NCC3CC3)nc2C(=O)OC(C)OC(=O)C(C)C)cc1OC. The van der Waals surface area contributed by atoms with Gasteiger partial charge >= 0.3 is 18.0 Å². The molecule has 3 aromatic rings. The van der Waals surface area contributed by atoms with Crippen LogP contribution in [0.4, 0.5) is 10.5 Å². The third-order valence-corrected chi connectivity index (χ3v) is 9.24. The summed E-state index contributed by atoms with van der Waals surface area (Å²) in [6.07, 6.45) is 0.410. The molecule has 0 bridgehead atoms. The van der Waals surface area contributed by atoms with E-state index in [1.807, 2.05) is 0 Å². The molecule has 2 amide bonds. The van der Waals surface area contributed by atoms with E-state index in [2.05, 4.69) is 32.4 Å². The molecular weight excluding hydrogens is 736 g/mol. The third kappa shape index (κ3) is 11.9. The zero-order valence-corrected chi connectivity index (χ0v) is 32.6. The van der Waals surface area contributed by atoms with E-state index in [0.29, 0.717) is 54.8 Å². The van der Waals surface area contributed by atoms with Crippen LogP contribution in [0.2, 0.25) is 0 Å². The molecule has 2 fully saturated rings. The van der Waals surface area contributed by atoms with Crippen LogP contribution in [0.25, 0.3) is 17.2 Å². The van der Waals surface area contributed by atoms with Crippen molar-refractivity contribution >= 4 is 41.5 Å². The lowest BCUT2D eigenvalue weighted by atomic mass is 9.94. The summed E-state index contributed by atoms with van der Waals surface area (Å²) in [5.41, 5.74) is 1.64. The van der Waals surface area contributed by atoms with Crippen molar-refractivity contribution < 1.29 is 48.0 Å². The van der Waals surface area contributed by atoms with Crippen LogP contribution in [0, 0.1) is 17.2 Å². The third-order valence-electron chi connectivity index (χ3n) is 9.24. The average molecular weight is 787 g/mol. The van der Waals surface area contributed by atoms with Crippen LogP contribution in [0.1, 0.15) is 77.5 Å². The number of morpholine rings is 1. The lowest BCUT2D eigenvalue weighted by molar-refractivity contribution is -0.169. The number of esters is 2. The minimum atomic E-state index is -1.27. The molecule has 5 rings (SSSR count). The van der Waals surface area contributed by atoms with Gasteiger partial charge in [0.15, 0.2) is 5.69 Å². The van der Waals surface area contributed by atoms with Gasteiger partial charge in [0, 0.05) is 66.6 Å². The van der Waals surface area contributed by atoms with Crippen molar-refractivity contribution in [1.29, 1.82) is 5.41 Å². The van der Waals surface area contributed by atoms with E-state index < -0.39 is 42.4 Å². The Morgan fingerprint density at radius 3 is 2.40 bits per heavy atom. The first-order valence-corrected chi connectivity index (χ1v) is 18.8. The highest BCUT2D eigenvalue weighted by Gasteiger charge is 2.28. The average Bonchev–Trinajstić information content (AvgIpc) is 4.04. The molecule has 16 nitrogen and oxygen atoms in total. The number of carbonyl (C=O) groups is 4. The maximum atomic E-state index is 14.1. The molecule has 1 saturated heterocycles. The summed E-state index contributed by atoms with van der Waals surface area (Å²) in [5, 5.41) is 27.6. The number of nitrogens with one attached hydrogen (secondary N) is 4. The van der Waals surface area contributed by atoms with Crippen molar-refractivity contribution in [3.8, 4) is 16.9 Å². The zero-order valence-electron chi connectivity index (χ0n) is 32.6. The number of amides is 2. The van der Waals surface area contributed by atoms with E-state index in [4.69, 9.17) is 29.1 Å². The second-order valence-electron chi connectivity index (χ2n) is 13.9. The zero-order chi connectivity index (χ0) is 41.1. The first-order valence-electron chi connectivity index (χ1n) is 18.8. The molecule has 0 spiro atoms. The monoisotopic (exact) mass is 786 g/mol. The number of nitrogens with zero attached hydrogens (tertiary/aromatic N) is 2. The van der Waals surface area contributed by atoms with Crippen molar-refractivity contribution in [2.24, 2.45) is 11.8 Å². The fourth-order valence-electron chi connectivity index (χ4n) is 5.80. The van der Waals surface area contributed by atoms with Gasteiger partial charge in [-0.15, -0.1) is 0 Å². The molecular formula is C41H50N6O10. The van der Waals surface area contributed by atoms with Gasteiger partial charge in [0.25, 0.3) is 5.91 Å².